The third-order valence-electron chi connectivity index (χ3n) is 3.61. The molecule has 0 atom stereocenters. The van der Waals surface area contributed by atoms with Gasteiger partial charge in [0.1, 0.15) is 0 Å². The minimum Gasteiger partial charge on any atom is -0.481 e. The second-order valence-corrected chi connectivity index (χ2v) is 5.51. The Balaban J connectivity index is 2.58. The number of benzene rings is 2. The highest BCUT2D eigenvalue weighted by Gasteiger charge is 2.37. The number of carboxylic acids is 1. The van der Waals surface area contributed by atoms with Crippen molar-refractivity contribution < 1.29 is 36.2 Å². The van der Waals surface area contributed by atoms with E-state index in [1.807, 2.05) is 0 Å². The quantitative estimate of drug-likeness (QED) is 0.750. The first kappa shape index (κ1) is 18.8. The van der Waals surface area contributed by atoms with Crippen LogP contribution in [0.4, 0.5) is 26.3 Å². The van der Waals surface area contributed by atoms with Crippen molar-refractivity contribution in [3.63, 3.8) is 0 Å². The Bertz CT molecular complexity index is 774. The fourth-order valence-corrected chi connectivity index (χ4v) is 2.36. The maximum absolute atomic E-state index is 12.9. The lowest BCUT2D eigenvalue weighted by molar-refractivity contribution is -0.143. The summed E-state index contributed by atoms with van der Waals surface area (Å²) in [5.74, 6) is -1.09. The molecule has 25 heavy (non-hydrogen) atoms. The molecule has 0 saturated heterocycles. The van der Waals surface area contributed by atoms with E-state index in [2.05, 4.69) is 0 Å². The van der Waals surface area contributed by atoms with E-state index in [1.54, 1.807) is 6.92 Å². The summed E-state index contributed by atoms with van der Waals surface area (Å²) in [5.41, 5.74) is -2.00. The van der Waals surface area contributed by atoms with Crippen LogP contribution in [0.1, 0.15) is 22.3 Å². The van der Waals surface area contributed by atoms with Gasteiger partial charge in [-0.05, 0) is 47.4 Å². The van der Waals surface area contributed by atoms with Crippen LogP contribution in [0.2, 0.25) is 0 Å². The molecule has 0 heterocycles. The summed E-state index contributed by atoms with van der Waals surface area (Å²) < 4.78 is 77.4. The third-order valence-corrected chi connectivity index (χ3v) is 3.61. The summed E-state index contributed by atoms with van der Waals surface area (Å²) in [6, 6.07) is 5.40. The average molecular weight is 362 g/mol. The molecule has 0 unspecified atom stereocenters. The lowest BCUT2D eigenvalue weighted by Gasteiger charge is -2.15. The standard InChI is InChI=1S/C17H12F6O2/c1-9-4-11(3-2-10(9)7-15(24)25)12-5-13(16(18,19)20)8-14(6-12)17(21,22)23/h2-6,8H,7H2,1H3,(H,24,25). The third kappa shape index (κ3) is 4.52. The molecule has 0 radical (unpaired) electrons. The smallest absolute Gasteiger partial charge is 0.416 e. The summed E-state index contributed by atoms with van der Waals surface area (Å²) in [6.07, 6.45) is -10.1. The number of aliphatic carboxylic acids is 1. The first-order chi connectivity index (χ1) is 11.4. The molecule has 2 aromatic carbocycles. The van der Waals surface area contributed by atoms with E-state index in [9.17, 15) is 31.1 Å². The van der Waals surface area contributed by atoms with Crippen LogP contribution < -0.4 is 0 Å². The number of carbonyl (C=O) groups is 1. The molecule has 0 aliphatic rings. The second-order valence-electron chi connectivity index (χ2n) is 5.51. The van der Waals surface area contributed by atoms with Crippen LogP contribution in [0, 0.1) is 6.92 Å². The molecule has 8 heteroatoms. The van der Waals surface area contributed by atoms with Crippen molar-refractivity contribution in [1.82, 2.24) is 0 Å². The van der Waals surface area contributed by atoms with Gasteiger partial charge in [-0.2, -0.15) is 26.3 Å². The molecule has 0 bridgehead atoms. The van der Waals surface area contributed by atoms with Crippen LogP contribution >= 0.6 is 0 Å². The Kier molecular flexibility index (Phi) is 4.83. The lowest BCUT2D eigenvalue weighted by atomic mass is 9.95. The van der Waals surface area contributed by atoms with Crippen LogP contribution in [-0.4, -0.2) is 11.1 Å². The number of aryl methyl sites for hydroxylation is 1. The van der Waals surface area contributed by atoms with Gasteiger partial charge < -0.3 is 5.11 Å². The molecule has 0 amide bonds. The zero-order valence-corrected chi connectivity index (χ0v) is 12.8. The number of halogens is 6. The maximum atomic E-state index is 12.9. The van der Waals surface area contributed by atoms with Gasteiger partial charge in [0.05, 0.1) is 17.5 Å². The molecule has 0 saturated carbocycles. The van der Waals surface area contributed by atoms with Crippen molar-refractivity contribution in [2.24, 2.45) is 0 Å². The molecule has 2 rings (SSSR count). The lowest BCUT2D eigenvalue weighted by Crippen LogP contribution is -2.11. The normalized spacial score (nSPS) is 12.3. The first-order valence-corrected chi connectivity index (χ1v) is 6.99. The summed E-state index contributed by atoms with van der Waals surface area (Å²) in [4.78, 5) is 10.7. The molecule has 0 spiro atoms. The van der Waals surface area contributed by atoms with Crippen molar-refractivity contribution in [2.45, 2.75) is 25.7 Å². The van der Waals surface area contributed by atoms with Gasteiger partial charge >= 0.3 is 18.3 Å². The van der Waals surface area contributed by atoms with Gasteiger partial charge in [0.25, 0.3) is 0 Å². The minimum atomic E-state index is -4.92. The Morgan fingerprint density at radius 1 is 0.880 bits per heavy atom. The minimum absolute atomic E-state index is 0.0646. The predicted octanol–water partition coefficient (Wildman–Crippen LogP) is 5.33. The Morgan fingerprint density at radius 2 is 1.40 bits per heavy atom. The Hall–Kier alpha value is -2.51. The number of hydrogen-bond acceptors (Lipinski definition) is 1. The molecule has 1 N–H and O–H groups in total. The zero-order chi connectivity index (χ0) is 19.0. The fourth-order valence-electron chi connectivity index (χ4n) is 2.36. The highest BCUT2D eigenvalue weighted by molar-refractivity contribution is 5.72. The summed E-state index contributed by atoms with van der Waals surface area (Å²) in [5, 5.41) is 8.78. The molecule has 0 fully saturated rings. The topological polar surface area (TPSA) is 37.3 Å². The van der Waals surface area contributed by atoms with Gasteiger partial charge in [-0.1, -0.05) is 18.2 Å². The largest absolute Gasteiger partial charge is 0.481 e. The summed E-state index contributed by atoms with van der Waals surface area (Å²) in [6.45, 7) is 1.54. The number of rotatable bonds is 3. The van der Waals surface area contributed by atoms with Gasteiger partial charge in [0, 0.05) is 0 Å². The van der Waals surface area contributed by atoms with Crippen LogP contribution in [-0.2, 0) is 23.6 Å². The molecule has 2 nitrogen and oxygen atoms in total. The van der Waals surface area contributed by atoms with Crippen LogP contribution in [0.3, 0.4) is 0 Å². The van der Waals surface area contributed by atoms with Crippen LogP contribution in [0.5, 0.6) is 0 Å². The average Bonchev–Trinajstić information content (AvgIpc) is 2.46. The number of carboxylic acid groups (broad SMARTS) is 1. The van der Waals surface area contributed by atoms with Gasteiger partial charge in [-0.25, -0.2) is 0 Å². The molecule has 134 valence electrons. The van der Waals surface area contributed by atoms with Gasteiger partial charge in [-0.3, -0.25) is 4.79 Å². The maximum Gasteiger partial charge on any atom is 0.416 e. The Labute approximate surface area is 138 Å². The van der Waals surface area contributed by atoms with Crippen molar-refractivity contribution in [3.8, 4) is 11.1 Å². The van der Waals surface area contributed by atoms with Gasteiger partial charge in [0.15, 0.2) is 0 Å². The van der Waals surface area contributed by atoms with E-state index < -0.39 is 29.4 Å². The first-order valence-electron chi connectivity index (χ1n) is 6.99. The monoisotopic (exact) mass is 362 g/mol. The predicted molar refractivity (Wildman–Crippen MR) is 78.0 cm³/mol. The number of alkyl halides is 6. The highest BCUT2D eigenvalue weighted by atomic mass is 19.4. The number of hydrogen-bond donors (Lipinski definition) is 1. The molecular formula is C17H12F6O2. The van der Waals surface area contributed by atoms with Gasteiger partial charge in [0.2, 0.25) is 0 Å². The molecule has 0 aliphatic heterocycles. The molecular weight excluding hydrogens is 350 g/mol. The van der Waals surface area contributed by atoms with E-state index in [1.165, 1.54) is 18.2 Å². The van der Waals surface area contributed by atoms with E-state index >= 15 is 0 Å². The van der Waals surface area contributed by atoms with Crippen molar-refractivity contribution in [3.05, 3.63) is 58.7 Å². The van der Waals surface area contributed by atoms with Crippen LogP contribution in [0.15, 0.2) is 36.4 Å². The van der Waals surface area contributed by atoms with E-state index in [0.29, 0.717) is 23.3 Å². The molecule has 0 aliphatic carbocycles. The van der Waals surface area contributed by atoms with Crippen molar-refractivity contribution in [1.29, 1.82) is 0 Å². The van der Waals surface area contributed by atoms with Crippen molar-refractivity contribution >= 4 is 5.97 Å². The van der Waals surface area contributed by atoms with E-state index in [-0.39, 0.29) is 23.6 Å². The van der Waals surface area contributed by atoms with Gasteiger partial charge in [-0.15, -0.1) is 0 Å². The van der Waals surface area contributed by atoms with Crippen molar-refractivity contribution in [2.75, 3.05) is 0 Å². The zero-order valence-electron chi connectivity index (χ0n) is 12.8. The Morgan fingerprint density at radius 3 is 1.80 bits per heavy atom. The summed E-state index contributed by atoms with van der Waals surface area (Å²) >= 11 is 0. The SMILES string of the molecule is Cc1cc(-c2cc(C(F)(F)F)cc(C(F)(F)F)c2)ccc1CC(=O)O. The van der Waals surface area contributed by atoms with E-state index in [0.717, 1.165) is 0 Å². The molecule has 2 aromatic rings. The highest BCUT2D eigenvalue weighted by Crippen LogP contribution is 2.38. The van der Waals surface area contributed by atoms with Crippen LogP contribution in [0.25, 0.3) is 11.1 Å². The fraction of sp³-hybridized carbons (Fsp3) is 0.235. The summed E-state index contributed by atoms with van der Waals surface area (Å²) in [7, 11) is 0. The second kappa shape index (κ2) is 6.42. The van der Waals surface area contributed by atoms with E-state index in [4.69, 9.17) is 5.11 Å². The molecule has 0 aromatic heterocycles.